The van der Waals surface area contributed by atoms with Gasteiger partial charge in [-0.2, -0.15) is 11.8 Å². The van der Waals surface area contributed by atoms with Crippen molar-refractivity contribution in [2.75, 3.05) is 23.3 Å². The number of rotatable bonds is 9. The Labute approximate surface area is 159 Å². The lowest BCUT2D eigenvalue weighted by molar-refractivity contribution is 0.911. The highest BCUT2D eigenvalue weighted by Gasteiger charge is 2.04. The van der Waals surface area contributed by atoms with E-state index in [1.807, 2.05) is 18.2 Å². The molecule has 0 spiro atoms. The summed E-state index contributed by atoms with van der Waals surface area (Å²) in [7, 11) is 0. The smallest absolute Gasteiger partial charge is 0.255 e. The number of thioether (sulfide) groups is 1. The van der Waals surface area contributed by atoms with E-state index < -0.39 is 0 Å². The lowest BCUT2D eigenvalue weighted by Gasteiger charge is -2.06. The number of hydrogen-bond donors (Lipinski definition) is 3. The Morgan fingerprint density at radius 1 is 1.19 bits per heavy atom. The SMILES string of the molecule is Nc1nnc(CSCCNc2ncc(CCc3ccccc3)c(=O)[nH]2)s1. The predicted molar refractivity (Wildman–Crippen MR) is 108 cm³/mol. The first-order valence-electron chi connectivity index (χ1n) is 8.22. The van der Waals surface area contributed by atoms with Gasteiger partial charge in [0, 0.05) is 29.8 Å². The molecular weight excluding hydrogens is 368 g/mol. The quantitative estimate of drug-likeness (QED) is 0.483. The fourth-order valence-corrected chi connectivity index (χ4v) is 3.85. The Bertz CT molecular complexity index is 880. The second-order valence-corrected chi connectivity index (χ2v) is 7.78. The molecule has 0 aliphatic rings. The molecule has 1 aromatic carbocycles. The molecule has 136 valence electrons. The number of hydrogen-bond acceptors (Lipinski definition) is 8. The average Bonchev–Trinajstić information content (AvgIpc) is 3.07. The molecule has 3 rings (SSSR count). The molecule has 0 unspecified atom stereocenters. The molecule has 3 aromatic rings. The molecule has 0 amide bonds. The lowest BCUT2D eigenvalue weighted by atomic mass is 10.1. The molecule has 0 aliphatic heterocycles. The van der Waals surface area contributed by atoms with Crippen LogP contribution >= 0.6 is 23.1 Å². The Balaban J connectivity index is 1.41. The maximum Gasteiger partial charge on any atom is 0.255 e. The fourth-order valence-electron chi connectivity index (χ4n) is 2.34. The second-order valence-electron chi connectivity index (χ2n) is 5.59. The summed E-state index contributed by atoms with van der Waals surface area (Å²) in [6.45, 7) is 0.700. The molecule has 9 heteroatoms. The normalized spacial score (nSPS) is 10.8. The van der Waals surface area contributed by atoms with Crippen LogP contribution in [0.2, 0.25) is 0 Å². The van der Waals surface area contributed by atoms with Crippen molar-refractivity contribution in [2.24, 2.45) is 0 Å². The van der Waals surface area contributed by atoms with E-state index in [1.54, 1.807) is 18.0 Å². The van der Waals surface area contributed by atoms with Gasteiger partial charge in [-0.25, -0.2) is 4.98 Å². The molecule has 0 bridgehead atoms. The highest BCUT2D eigenvalue weighted by molar-refractivity contribution is 7.98. The van der Waals surface area contributed by atoms with Gasteiger partial charge in [0.2, 0.25) is 11.1 Å². The number of aromatic amines is 1. The van der Waals surface area contributed by atoms with Crippen LogP contribution in [0.5, 0.6) is 0 Å². The number of benzene rings is 1. The topological polar surface area (TPSA) is 110 Å². The minimum absolute atomic E-state index is 0.0876. The zero-order valence-corrected chi connectivity index (χ0v) is 15.8. The van der Waals surface area contributed by atoms with Crippen molar-refractivity contribution < 1.29 is 0 Å². The van der Waals surface area contributed by atoms with E-state index >= 15 is 0 Å². The standard InChI is InChI=1S/C17H20N6OS2/c18-16-23-22-14(26-16)11-25-9-8-19-17-20-10-13(15(24)21-17)7-6-12-4-2-1-3-5-12/h1-5,10H,6-9,11H2,(H2,18,23)(H2,19,20,21,24). The van der Waals surface area contributed by atoms with Crippen LogP contribution in [0.15, 0.2) is 41.3 Å². The van der Waals surface area contributed by atoms with Gasteiger partial charge in [0.25, 0.3) is 5.56 Å². The average molecular weight is 389 g/mol. The maximum absolute atomic E-state index is 12.2. The zero-order valence-electron chi connectivity index (χ0n) is 14.1. The molecule has 7 nitrogen and oxygen atoms in total. The van der Waals surface area contributed by atoms with Crippen molar-refractivity contribution in [3.63, 3.8) is 0 Å². The van der Waals surface area contributed by atoms with Gasteiger partial charge in [-0.15, -0.1) is 10.2 Å². The Morgan fingerprint density at radius 2 is 2.04 bits per heavy atom. The van der Waals surface area contributed by atoms with Crippen LogP contribution in [0, 0.1) is 0 Å². The number of nitrogens with two attached hydrogens (primary N) is 1. The molecule has 2 aromatic heterocycles. The summed E-state index contributed by atoms with van der Waals surface area (Å²) in [5, 5.41) is 12.3. The number of nitrogen functional groups attached to an aromatic ring is 1. The van der Waals surface area contributed by atoms with E-state index in [9.17, 15) is 4.79 Å². The maximum atomic E-state index is 12.2. The van der Waals surface area contributed by atoms with E-state index in [0.29, 0.717) is 29.6 Å². The van der Waals surface area contributed by atoms with Crippen molar-refractivity contribution in [1.29, 1.82) is 0 Å². The number of aromatic nitrogens is 4. The van der Waals surface area contributed by atoms with Crippen LogP contribution in [-0.2, 0) is 18.6 Å². The minimum atomic E-state index is -0.0876. The monoisotopic (exact) mass is 388 g/mol. The van der Waals surface area contributed by atoms with Crippen molar-refractivity contribution in [3.8, 4) is 0 Å². The van der Waals surface area contributed by atoms with Gasteiger partial charge >= 0.3 is 0 Å². The largest absolute Gasteiger partial charge is 0.374 e. The van der Waals surface area contributed by atoms with Crippen molar-refractivity contribution in [3.05, 3.63) is 63.0 Å². The molecule has 0 fully saturated rings. The van der Waals surface area contributed by atoms with E-state index in [4.69, 9.17) is 5.73 Å². The van der Waals surface area contributed by atoms with Gasteiger partial charge in [-0.1, -0.05) is 41.7 Å². The third-order valence-electron chi connectivity index (χ3n) is 3.65. The summed E-state index contributed by atoms with van der Waals surface area (Å²) < 4.78 is 0. The molecule has 0 atom stereocenters. The van der Waals surface area contributed by atoms with Crippen molar-refractivity contribution in [1.82, 2.24) is 20.2 Å². The molecule has 0 saturated carbocycles. The first-order chi connectivity index (χ1) is 12.7. The molecule has 26 heavy (non-hydrogen) atoms. The highest BCUT2D eigenvalue weighted by atomic mass is 32.2. The molecule has 2 heterocycles. The Kier molecular flexibility index (Phi) is 6.62. The van der Waals surface area contributed by atoms with Gasteiger partial charge in [0.1, 0.15) is 5.01 Å². The third-order valence-corrected chi connectivity index (χ3v) is 5.55. The molecule has 0 radical (unpaired) electrons. The molecule has 0 aliphatic carbocycles. The molecule has 4 N–H and O–H groups in total. The number of nitrogens with zero attached hydrogens (tertiary/aromatic N) is 3. The van der Waals surface area contributed by atoms with E-state index in [0.717, 1.165) is 22.9 Å². The summed E-state index contributed by atoms with van der Waals surface area (Å²) in [5.41, 5.74) is 7.37. The third kappa shape index (κ3) is 5.57. The minimum Gasteiger partial charge on any atom is -0.374 e. The van der Waals surface area contributed by atoms with Gasteiger partial charge in [0.05, 0.1) is 0 Å². The Hall–Kier alpha value is -2.39. The zero-order chi connectivity index (χ0) is 18.2. The van der Waals surface area contributed by atoms with E-state index in [-0.39, 0.29) is 5.56 Å². The summed E-state index contributed by atoms with van der Waals surface area (Å²) in [6, 6.07) is 10.1. The number of nitrogens with one attached hydrogen (secondary N) is 2. The number of aryl methyl sites for hydroxylation is 2. The summed E-state index contributed by atoms with van der Waals surface area (Å²) in [6.07, 6.45) is 3.15. The summed E-state index contributed by atoms with van der Waals surface area (Å²) in [5.74, 6) is 2.14. The van der Waals surface area contributed by atoms with E-state index in [2.05, 4.69) is 37.6 Å². The Morgan fingerprint density at radius 3 is 2.77 bits per heavy atom. The summed E-state index contributed by atoms with van der Waals surface area (Å²) >= 11 is 3.13. The number of H-pyrrole nitrogens is 1. The van der Waals surface area contributed by atoms with Crippen LogP contribution in [0.1, 0.15) is 16.1 Å². The first kappa shape index (κ1) is 18.4. The van der Waals surface area contributed by atoms with Crippen LogP contribution in [0.4, 0.5) is 11.1 Å². The van der Waals surface area contributed by atoms with Crippen LogP contribution in [0.3, 0.4) is 0 Å². The van der Waals surface area contributed by atoms with Crippen LogP contribution in [0.25, 0.3) is 0 Å². The summed E-state index contributed by atoms with van der Waals surface area (Å²) in [4.78, 5) is 19.3. The van der Waals surface area contributed by atoms with Crippen molar-refractivity contribution >= 4 is 34.2 Å². The first-order valence-corrected chi connectivity index (χ1v) is 10.2. The van der Waals surface area contributed by atoms with Gasteiger partial charge in [-0.3, -0.25) is 9.78 Å². The van der Waals surface area contributed by atoms with Crippen molar-refractivity contribution in [2.45, 2.75) is 18.6 Å². The van der Waals surface area contributed by atoms with Gasteiger partial charge in [0.15, 0.2) is 0 Å². The highest BCUT2D eigenvalue weighted by Crippen LogP contribution is 2.17. The van der Waals surface area contributed by atoms with Crippen LogP contribution < -0.4 is 16.6 Å². The van der Waals surface area contributed by atoms with E-state index in [1.165, 1.54) is 16.9 Å². The number of anilines is 2. The van der Waals surface area contributed by atoms with Crippen LogP contribution in [-0.4, -0.2) is 32.5 Å². The lowest BCUT2D eigenvalue weighted by Crippen LogP contribution is -2.18. The molecule has 0 saturated heterocycles. The fraction of sp³-hybridized carbons (Fsp3) is 0.294. The van der Waals surface area contributed by atoms with Gasteiger partial charge < -0.3 is 11.1 Å². The molecular formula is C17H20N6OS2. The van der Waals surface area contributed by atoms with Gasteiger partial charge in [-0.05, 0) is 18.4 Å². The second kappa shape index (κ2) is 9.35. The predicted octanol–water partition coefficient (Wildman–Crippen LogP) is 2.33.